The van der Waals surface area contributed by atoms with Crippen molar-refractivity contribution in [3.63, 3.8) is 0 Å². The molecule has 0 spiro atoms. The number of H-pyrrole nitrogens is 1. The second-order valence-corrected chi connectivity index (χ2v) is 10.9. The van der Waals surface area contributed by atoms with Crippen molar-refractivity contribution in [3.05, 3.63) is 114 Å². The van der Waals surface area contributed by atoms with Crippen LogP contribution in [-0.2, 0) is 21.1 Å². The zero-order valence-electron chi connectivity index (χ0n) is 23.6. The van der Waals surface area contributed by atoms with Gasteiger partial charge in [0.2, 0.25) is 0 Å². The van der Waals surface area contributed by atoms with Crippen LogP contribution in [0.2, 0.25) is 0 Å². The second kappa shape index (κ2) is 11.8. The Kier molecular flexibility index (Phi) is 8.24. The number of aromatic amines is 1. The van der Waals surface area contributed by atoms with E-state index in [2.05, 4.69) is 56.9 Å². The fourth-order valence-corrected chi connectivity index (χ4v) is 5.00. The number of fused-ring (bicyclic) bond motifs is 1. The van der Waals surface area contributed by atoms with Crippen molar-refractivity contribution in [2.24, 2.45) is 0 Å². The van der Waals surface area contributed by atoms with Gasteiger partial charge in [-0.25, -0.2) is 0 Å². The molecule has 41 heavy (non-hydrogen) atoms. The molecule has 6 rings (SSSR count). The van der Waals surface area contributed by atoms with E-state index in [4.69, 9.17) is 9.97 Å². The van der Waals surface area contributed by atoms with Crippen molar-refractivity contribution in [2.45, 2.75) is 39.5 Å². The molecular formula is C36H32N3OPt-. The summed E-state index contributed by atoms with van der Waals surface area (Å²) in [4.78, 5) is 13.1. The Labute approximate surface area is 255 Å². The number of hydrogen-bond acceptors (Lipinski definition) is 3. The van der Waals surface area contributed by atoms with Crippen LogP contribution < -0.4 is 0 Å². The molecule has 0 amide bonds. The standard InChI is InChI=1S/C36H32N3O.Pt/c1-22(2)27-18-28(23(3)4)20-29(19-27)24-15-16-35(40)30(21-24)32-14-8-13-31(37-32)25-9-7-10-26(17-25)36-38-33-11-5-6-12-34(33)39-36;/h5-16,18-23,40H,1-4H3,(H,38,39);/q-1;. The van der Waals surface area contributed by atoms with E-state index in [0.717, 1.165) is 44.8 Å². The number of nitrogens with one attached hydrogen (secondary N) is 1. The van der Waals surface area contributed by atoms with Gasteiger partial charge >= 0.3 is 0 Å². The molecule has 0 saturated heterocycles. The van der Waals surface area contributed by atoms with Crippen molar-refractivity contribution in [1.29, 1.82) is 0 Å². The van der Waals surface area contributed by atoms with Gasteiger partial charge in [0.05, 0.1) is 22.6 Å². The molecule has 6 aromatic rings. The van der Waals surface area contributed by atoms with E-state index in [1.54, 1.807) is 6.07 Å². The minimum Gasteiger partial charge on any atom is -0.507 e. The molecule has 0 aliphatic carbocycles. The summed E-state index contributed by atoms with van der Waals surface area (Å²) in [6, 6.07) is 36.0. The van der Waals surface area contributed by atoms with Gasteiger partial charge in [0, 0.05) is 32.3 Å². The number of pyridine rings is 1. The van der Waals surface area contributed by atoms with E-state index in [-0.39, 0.29) is 26.8 Å². The van der Waals surface area contributed by atoms with Gasteiger partial charge in [-0.15, -0.1) is 24.3 Å². The van der Waals surface area contributed by atoms with E-state index >= 15 is 0 Å². The van der Waals surface area contributed by atoms with Crippen LogP contribution in [0, 0.1) is 6.07 Å². The van der Waals surface area contributed by atoms with Crippen LogP contribution in [0.15, 0.2) is 97.1 Å². The Morgan fingerprint density at radius 2 is 1.34 bits per heavy atom. The summed E-state index contributed by atoms with van der Waals surface area (Å²) < 4.78 is 0. The molecule has 0 radical (unpaired) electrons. The Balaban J connectivity index is 0.00000337. The molecule has 4 aromatic carbocycles. The first-order valence-electron chi connectivity index (χ1n) is 13.8. The molecule has 0 atom stereocenters. The third-order valence-corrected chi connectivity index (χ3v) is 7.38. The van der Waals surface area contributed by atoms with Gasteiger partial charge < -0.3 is 10.1 Å². The molecule has 208 valence electrons. The first-order chi connectivity index (χ1) is 19.4. The maximum Gasteiger partial charge on any atom is 0.124 e. The molecule has 4 nitrogen and oxygen atoms in total. The van der Waals surface area contributed by atoms with Crippen LogP contribution >= 0.6 is 0 Å². The molecule has 0 aliphatic rings. The van der Waals surface area contributed by atoms with E-state index in [9.17, 15) is 5.11 Å². The summed E-state index contributed by atoms with van der Waals surface area (Å²) in [5, 5.41) is 10.9. The summed E-state index contributed by atoms with van der Waals surface area (Å²) in [5.41, 5.74) is 10.7. The van der Waals surface area contributed by atoms with E-state index in [0.29, 0.717) is 23.1 Å². The number of rotatable bonds is 6. The Morgan fingerprint density at radius 3 is 2.07 bits per heavy atom. The summed E-state index contributed by atoms with van der Waals surface area (Å²) in [5.74, 6) is 1.84. The third kappa shape index (κ3) is 5.89. The average molecular weight is 718 g/mol. The molecule has 2 N–H and O–H groups in total. The van der Waals surface area contributed by atoms with Gasteiger partial charge in [-0.05, 0) is 64.4 Å². The first kappa shape index (κ1) is 28.5. The second-order valence-electron chi connectivity index (χ2n) is 10.9. The van der Waals surface area contributed by atoms with Gasteiger partial charge in [-0.1, -0.05) is 87.4 Å². The van der Waals surface area contributed by atoms with Crippen molar-refractivity contribution in [1.82, 2.24) is 15.0 Å². The third-order valence-electron chi connectivity index (χ3n) is 7.38. The van der Waals surface area contributed by atoms with Crippen LogP contribution in [0.3, 0.4) is 0 Å². The fourth-order valence-electron chi connectivity index (χ4n) is 5.00. The number of aromatic hydroxyl groups is 1. The van der Waals surface area contributed by atoms with Crippen LogP contribution in [0.1, 0.15) is 50.7 Å². The topological polar surface area (TPSA) is 61.8 Å². The molecule has 0 fully saturated rings. The molecule has 0 unspecified atom stereocenters. The number of phenols is 1. The predicted octanol–water partition coefficient (Wildman–Crippen LogP) is 9.38. The molecule has 0 aliphatic heterocycles. The SMILES string of the molecule is CC(C)c1cc(-c2ccc(O)c(-c3cccc(-c4[c-]c(-c5nc6ccccc6[nH]5)ccc4)n3)c2)cc(C(C)C)c1.[Pt]. The van der Waals surface area contributed by atoms with Crippen LogP contribution in [0.5, 0.6) is 5.75 Å². The summed E-state index contributed by atoms with van der Waals surface area (Å²) in [6.07, 6.45) is 0. The number of nitrogens with zero attached hydrogens (tertiary/aromatic N) is 2. The Hall–Kier alpha value is -4.01. The smallest absolute Gasteiger partial charge is 0.124 e. The minimum atomic E-state index is 0. The number of benzene rings is 4. The van der Waals surface area contributed by atoms with Crippen molar-refractivity contribution in [2.75, 3.05) is 0 Å². The fraction of sp³-hybridized carbons (Fsp3) is 0.167. The molecular weight excluding hydrogens is 685 g/mol. The van der Waals surface area contributed by atoms with Crippen molar-refractivity contribution < 1.29 is 26.2 Å². The number of imidazole rings is 1. The predicted molar refractivity (Wildman–Crippen MR) is 164 cm³/mol. The summed E-state index contributed by atoms with van der Waals surface area (Å²) in [7, 11) is 0. The van der Waals surface area contributed by atoms with E-state index < -0.39 is 0 Å². The number of aromatic nitrogens is 3. The maximum atomic E-state index is 10.9. The van der Waals surface area contributed by atoms with Crippen LogP contribution in [0.4, 0.5) is 0 Å². The maximum absolute atomic E-state index is 10.9. The average Bonchev–Trinajstić information content (AvgIpc) is 3.42. The number of para-hydroxylation sites is 2. The summed E-state index contributed by atoms with van der Waals surface area (Å²) >= 11 is 0. The quantitative estimate of drug-likeness (QED) is 0.169. The van der Waals surface area contributed by atoms with E-state index in [1.807, 2.05) is 72.8 Å². The van der Waals surface area contributed by atoms with Gasteiger partial charge in [-0.2, -0.15) is 0 Å². The number of hydrogen-bond donors (Lipinski definition) is 2. The zero-order chi connectivity index (χ0) is 27.8. The first-order valence-corrected chi connectivity index (χ1v) is 13.8. The zero-order valence-corrected chi connectivity index (χ0v) is 25.8. The van der Waals surface area contributed by atoms with Crippen molar-refractivity contribution >= 4 is 11.0 Å². The molecule has 0 saturated carbocycles. The number of phenolic OH excluding ortho intramolecular Hbond substituents is 1. The van der Waals surface area contributed by atoms with Gasteiger partial charge in [0.25, 0.3) is 0 Å². The summed E-state index contributed by atoms with van der Waals surface area (Å²) in [6.45, 7) is 8.89. The monoisotopic (exact) mass is 717 g/mol. The van der Waals surface area contributed by atoms with Gasteiger partial charge in [0.1, 0.15) is 5.75 Å². The van der Waals surface area contributed by atoms with Crippen molar-refractivity contribution in [3.8, 4) is 50.8 Å². The van der Waals surface area contributed by atoms with E-state index in [1.165, 1.54) is 11.1 Å². The minimum absolute atomic E-state index is 0. The van der Waals surface area contributed by atoms with Gasteiger partial charge in [0.15, 0.2) is 0 Å². The normalized spacial score (nSPS) is 11.3. The van der Waals surface area contributed by atoms with Crippen LogP contribution in [-0.4, -0.2) is 20.1 Å². The molecule has 2 heterocycles. The Morgan fingerprint density at radius 1 is 0.659 bits per heavy atom. The molecule has 2 aromatic heterocycles. The largest absolute Gasteiger partial charge is 0.507 e. The molecule has 0 bridgehead atoms. The van der Waals surface area contributed by atoms with Crippen LogP contribution in [0.25, 0.3) is 56.1 Å². The Bertz CT molecular complexity index is 1780. The molecule has 5 heteroatoms. The van der Waals surface area contributed by atoms with Gasteiger partial charge in [-0.3, -0.25) is 9.97 Å².